The lowest BCUT2D eigenvalue weighted by Gasteiger charge is -2.11. The highest BCUT2D eigenvalue weighted by molar-refractivity contribution is 5.35. The maximum atomic E-state index is 5.69. The Morgan fingerprint density at radius 3 is 2.71 bits per heavy atom. The molecule has 0 N–H and O–H groups in total. The molecule has 0 spiro atoms. The first-order valence-corrected chi connectivity index (χ1v) is 4.93. The van der Waals surface area contributed by atoms with Crippen molar-refractivity contribution in [1.82, 2.24) is 0 Å². The monoisotopic (exact) mass is 192 g/mol. The number of ether oxygens (including phenoxy) is 2. The van der Waals surface area contributed by atoms with Crippen molar-refractivity contribution in [2.45, 2.75) is 26.4 Å². The molecule has 2 rings (SSSR count). The first kappa shape index (κ1) is 9.53. The summed E-state index contributed by atoms with van der Waals surface area (Å²) < 4.78 is 11.0. The van der Waals surface area contributed by atoms with Crippen molar-refractivity contribution in [3.8, 4) is 5.75 Å². The van der Waals surface area contributed by atoms with Gasteiger partial charge in [0, 0.05) is 0 Å². The van der Waals surface area contributed by atoms with Crippen LogP contribution in [0.2, 0.25) is 0 Å². The van der Waals surface area contributed by atoms with Gasteiger partial charge in [0.25, 0.3) is 0 Å². The molecule has 1 aromatic carbocycles. The zero-order chi connectivity index (χ0) is 10.2. The van der Waals surface area contributed by atoms with Crippen LogP contribution >= 0.6 is 0 Å². The van der Waals surface area contributed by atoms with Crippen molar-refractivity contribution >= 4 is 0 Å². The summed E-state index contributed by atoms with van der Waals surface area (Å²) in [4.78, 5) is 0. The second kappa shape index (κ2) is 3.28. The molecule has 1 aliphatic rings. The number of aryl methyl sites for hydroxylation is 2. The summed E-state index contributed by atoms with van der Waals surface area (Å²) in [5.41, 5.74) is 2.43. The summed E-state index contributed by atoms with van der Waals surface area (Å²) in [7, 11) is 0. The van der Waals surface area contributed by atoms with E-state index in [1.807, 2.05) is 6.07 Å². The van der Waals surface area contributed by atoms with Crippen LogP contribution in [0, 0.1) is 13.8 Å². The predicted octanol–water partition coefficient (Wildman–Crippen LogP) is 2.47. The van der Waals surface area contributed by atoms with Gasteiger partial charge < -0.3 is 9.47 Å². The van der Waals surface area contributed by atoms with Crippen LogP contribution in [0.25, 0.3) is 0 Å². The summed E-state index contributed by atoms with van der Waals surface area (Å²) in [5, 5.41) is 0. The molecule has 0 radical (unpaired) electrons. The Hall–Kier alpha value is -1.02. The van der Waals surface area contributed by atoms with Crippen LogP contribution < -0.4 is 4.74 Å². The summed E-state index contributed by atoms with van der Waals surface area (Å²) in [5.74, 6) is 0.965. The predicted molar refractivity (Wildman–Crippen MR) is 55.8 cm³/mol. The smallest absolute Gasteiger partial charge is 0.123 e. The van der Waals surface area contributed by atoms with Crippen LogP contribution in [0.4, 0.5) is 0 Å². The molecule has 1 aromatic rings. The van der Waals surface area contributed by atoms with Gasteiger partial charge in [0.15, 0.2) is 0 Å². The third-order valence-electron chi connectivity index (χ3n) is 2.50. The number of epoxide rings is 1. The second-order valence-electron chi connectivity index (χ2n) is 4.30. The Labute approximate surface area is 84.8 Å². The average Bonchev–Trinajstić information content (AvgIpc) is 2.83. The molecule has 1 heterocycles. The SMILES string of the molecule is Cc1ccc(OCC2(C)CO2)c(C)c1. The lowest BCUT2D eigenvalue weighted by Crippen LogP contribution is -2.17. The Balaban J connectivity index is 2.02. The fraction of sp³-hybridized carbons (Fsp3) is 0.500. The zero-order valence-corrected chi connectivity index (χ0v) is 8.96. The van der Waals surface area contributed by atoms with Gasteiger partial charge in [0.2, 0.25) is 0 Å². The first-order chi connectivity index (χ1) is 6.59. The third-order valence-corrected chi connectivity index (χ3v) is 2.50. The Morgan fingerprint density at radius 1 is 1.43 bits per heavy atom. The zero-order valence-electron chi connectivity index (χ0n) is 8.96. The van der Waals surface area contributed by atoms with E-state index in [-0.39, 0.29) is 5.60 Å². The van der Waals surface area contributed by atoms with E-state index in [0.29, 0.717) is 6.61 Å². The van der Waals surface area contributed by atoms with Gasteiger partial charge in [-0.25, -0.2) is 0 Å². The summed E-state index contributed by atoms with van der Waals surface area (Å²) >= 11 is 0. The van der Waals surface area contributed by atoms with Gasteiger partial charge in [0.1, 0.15) is 18.0 Å². The highest BCUT2D eigenvalue weighted by Gasteiger charge is 2.40. The number of hydrogen-bond acceptors (Lipinski definition) is 2. The molecule has 1 saturated heterocycles. The molecule has 1 unspecified atom stereocenters. The van der Waals surface area contributed by atoms with Crippen molar-refractivity contribution in [3.63, 3.8) is 0 Å². The normalized spacial score (nSPS) is 24.8. The maximum absolute atomic E-state index is 5.69. The minimum absolute atomic E-state index is 0.0304. The minimum Gasteiger partial charge on any atom is -0.490 e. The number of benzene rings is 1. The number of hydrogen-bond donors (Lipinski definition) is 0. The first-order valence-electron chi connectivity index (χ1n) is 4.93. The van der Waals surface area contributed by atoms with Crippen LogP contribution in [-0.2, 0) is 4.74 Å². The van der Waals surface area contributed by atoms with Crippen molar-refractivity contribution in [3.05, 3.63) is 29.3 Å². The van der Waals surface area contributed by atoms with E-state index in [0.717, 1.165) is 12.4 Å². The van der Waals surface area contributed by atoms with Crippen LogP contribution in [0.5, 0.6) is 5.75 Å². The van der Waals surface area contributed by atoms with Gasteiger partial charge in [-0.3, -0.25) is 0 Å². The molecule has 76 valence electrons. The van der Waals surface area contributed by atoms with Gasteiger partial charge in [0.05, 0.1) is 6.61 Å². The van der Waals surface area contributed by atoms with Gasteiger partial charge in [-0.2, -0.15) is 0 Å². The average molecular weight is 192 g/mol. The molecular formula is C12H16O2. The van der Waals surface area contributed by atoms with Crippen molar-refractivity contribution < 1.29 is 9.47 Å². The largest absolute Gasteiger partial charge is 0.490 e. The molecular weight excluding hydrogens is 176 g/mol. The van der Waals surface area contributed by atoms with E-state index in [9.17, 15) is 0 Å². The third kappa shape index (κ3) is 2.07. The summed E-state index contributed by atoms with van der Waals surface area (Å²) in [6, 6.07) is 6.22. The van der Waals surface area contributed by atoms with E-state index in [2.05, 4.69) is 32.9 Å². The summed E-state index contributed by atoms with van der Waals surface area (Å²) in [6.07, 6.45) is 0. The molecule has 0 aliphatic carbocycles. The highest BCUT2D eigenvalue weighted by atomic mass is 16.6. The minimum atomic E-state index is -0.0304. The van der Waals surface area contributed by atoms with Crippen LogP contribution in [0.1, 0.15) is 18.1 Å². The molecule has 1 aliphatic heterocycles. The van der Waals surface area contributed by atoms with Crippen LogP contribution in [-0.4, -0.2) is 18.8 Å². The van der Waals surface area contributed by atoms with Gasteiger partial charge >= 0.3 is 0 Å². The molecule has 2 heteroatoms. The van der Waals surface area contributed by atoms with Gasteiger partial charge in [-0.05, 0) is 32.4 Å². The van der Waals surface area contributed by atoms with Crippen molar-refractivity contribution in [1.29, 1.82) is 0 Å². The van der Waals surface area contributed by atoms with E-state index in [1.54, 1.807) is 0 Å². The fourth-order valence-corrected chi connectivity index (χ4v) is 1.40. The van der Waals surface area contributed by atoms with Gasteiger partial charge in [-0.1, -0.05) is 17.7 Å². The quantitative estimate of drug-likeness (QED) is 0.686. The lowest BCUT2D eigenvalue weighted by atomic mass is 10.1. The summed E-state index contributed by atoms with van der Waals surface area (Å²) in [6.45, 7) is 7.69. The van der Waals surface area contributed by atoms with Crippen LogP contribution in [0.3, 0.4) is 0 Å². The molecule has 2 nitrogen and oxygen atoms in total. The number of rotatable bonds is 3. The lowest BCUT2D eigenvalue weighted by molar-refractivity contribution is 0.201. The molecule has 0 aromatic heterocycles. The van der Waals surface area contributed by atoms with Crippen molar-refractivity contribution in [2.75, 3.05) is 13.2 Å². The fourth-order valence-electron chi connectivity index (χ4n) is 1.40. The Kier molecular flexibility index (Phi) is 2.23. The molecule has 14 heavy (non-hydrogen) atoms. The van der Waals surface area contributed by atoms with Crippen LogP contribution in [0.15, 0.2) is 18.2 Å². The van der Waals surface area contributed by atoms with Crippen molar-refractivity contribution in [2.24, 2.45) is 0 Å². The van der Waals surface area contributed by atoms with E-state index < -0.39 is 0 Å². The van der Waals surface area contributed by atoms with E-state index in [4.69, 9.17) is 9.47 Å². The second-order valence-corrected chi connectivity index (χ2v) is 4.30. The Bertz CT molecular complexity index is 340. The topological polar surface area (TPSA) is 21.8 Å². The van der Waals surface area contributed by atoms with Gasteiger partial charge in [-0.15, -0.1) is 0 Å². The molecule has 0 saturated carbocycles. The molecule has 0 bridgehead atoms. The molecule has 0 amide bonds. The molecule has 1 fully saturated rings. The Morgan fingerprint density at radius 2 is 2.14 bits per heavy atom. The highest BCUT2D eigenvalue weighted by Crippen LogP contribution is 2.28. The van der Waals surface area contributed by atoms with E-state index in [1.165, 1.54) is 11.1 Å². The van der Waals surface area contributed by atoms with E-state index >= 15 is 0 Å². The molecule has 1 atom stereocenters. The standard InChI is InChI=1S/C12H16O2/c1-9-4-5-11(10(2)6-9)13-7-12(3)8-14-12/h4-6H,7-8H2,1-3H3. The maximum Gasteiger partial charge on any atom is 0.123 e.